The van der Waals surface area contributed by atoms with E-state index in [1.807, 2.05) is 49.4 Å². The maximum atomic E-state index is 5.91. The molecule has 2 aromatic rings. The minimum absolute atomic E-state index is 0.529. The van der Waals surface area contributed by atoms with Crippen LogP contribution in [0.3, 0.4) is 0 Å². The normalized spacial score (nSPS) is 10.3. The summed E-state index contributed by atoms with van der Waals surface area (Å²) < 4.78 is 6.79. The van der Waals surface area contributed by atoms with Crippen molar-refractivity contribution in [3.8, 4) is 5.75 Å². The minimum Gasteiger partial charge on any atom is -0.489 e. The maximum Gasteiger partial charge on any atom is 0.120 e. The molecule has 0 radical (unpaired) electrons. The summed E-state index contributed by atoms with van der Waals surface area (Å²) >= 11 is 9.37. The van der Waals surface area contributed by atoms with Crippen molar-refractivity contribution in [2.75, 3.05) is 0 Å². The highest BCUT2D eigenvalue weighted by molar-refractivity contribution is 9.10. The quantitative estimate of drug-likeness (QED) is 0.776. The van der Waals surface area contributed by atoms with Crippen LogP contribution in [0.4, 0.5) is 0 Å². The molecule has 0 spiro atoms. The van der Waals surface area contributed by atoms with Crippen molar-refractivity contribution in [1.29, 1.82) is 0 Å². The molecule has 2 aromatic carbocycles. The minimum atomic E-state index is 0.529. The van der Waals surface area contributed by atoms with E-state index in [4.69, 9.17) is 16.3 Å². The molecule has 0 fully saturated rings. The van der Waals surface area contributed by atoms with Crippen molar-refractivity contribution in [1.82, 2.24) is 0 Å². The first-order valence-corrected chi connectivity index (χ1v) is 6.45. The highest BCUT2D eigenvalue weighted by atomic mass is 79.9. The standard InChI is InChI=1S/C14H12BrClO/c1-10-7-13(5-6-14(10)15)17-9-11-3-2-4-12(16)8-11/h2-8H,9H2,1H3. The Kier molecular flexibility index (Phi) is 4.08. The second-order valence-corrected chi connectivity index (χ2v) is 5.12. The lowest BCUT2D eigenvalue weighted by atomic mass is 10.2. The highest BCUT2D eigenvalue weighted by Gasteiger charge is 1.99. The van der Waals surface area contributed by atoms with Crippen molar-refractivity contribution in [2.24, 2.45) is 0 Å². The molecule has 2 rings (SSSR count). The smallest absolute Gasteiger partial charge is 0.120 e. The Hall–Kier alpha value is -0.990. The Bertz CT molecular complexity index is 525. The van der Waals surface area contributed by atoms with Gasteiger partial charge in [-0.3, -0.25) is 0 Å². The van der Waals surface area contributed by atoms with E-state index in [9.17, 15) is 0 Å². The van der Waals surface area contributed by atoms with Gasteiger partial charge in [0, 0.05) is 9.50 Å². The van der Waals surface area contributed by atoms with Gasteiger partial charge < -0.3 is 4.74 Å². The summed E-state index contributed by atoms with van der Waals surface area (Å²) in [6, 6.07) is 13.6. The van der Waals surface area contributed by atoms with Gasteiger partial charge in [0.1, 0.15) is 12.4 Å². The third-order valence-electron chi connectivity index (χ3n) is 2.42. The molecule has 0 bridgehead atoms. The van der Waals surface area contributed by atoms with Crippen LogP contribution in [0.5, 0.6) is 5.75 Å². The van der Waals surface area contributed by atoms with Crippen LogP contribution in [0.2, 0.25) is 5.02 Å². The van der Waals surface area contributed by atoms with Crippen molar-refractivity contribution in [2.45, 2.75) is 13.5 Å². The molecule has 0 unspecified atom stereocenters. The molecule has 0 saturated heterocycles. The number of halogens is 2. The Morgan fingerprint density at radius 1 is 1.18 bits per heavy atom. The van der Waals surface area contributed by atoms with Crippen LogP contribution in [-0.4, -0.2) is 0 Å². The van der Waals surface area contributed by atoms with Crippen LogP contribution in [0, 0.1) is 6.92 Å². The highest BCUT2D eigenvalue weighted by Crippen LogP contribution is 2.22. The zero-order valence-electron chi connectivity index (χ0n) is 9.41. The van der Waals surface area contributed by atoms with E-state index in [0.717, 1.165) is 26.4 Å². The molecule has 17 heavy (non-hydrogen) atoms. The first kappa shape index (κ1) is 12.5. The van der Waals surface area contributed by atoms with E-state index in [-0.39, 0.29) is 0 Å². The van der Waals surface area contributed by atoms with Gasteiger partial charge in [0.2, 0.25) is 0 Å². The molecule has 0 N–H and O–H groups in total. The average molecular weight is 312 g/mol. The van der Waals surface area contributed by atoms with Gasteiger partial charge in [-0.15, -0.1) is 0 Å². The van der Waals surface area contributed by atoms with Gasteiger partial charge in [-0.25, -0.2) is 0 Å². The SMILES string of the molecule is Cc1cc(OCc2cccc(Cl)c2)ccc1Br. The lowest BCUT2D eigenvalue weighted by Gasteiger charge is -2.08. The number of hydrogen-bond donors (Lipinski definition) is 0. The molecule has 0 aliphatic rings. The topological polar surface area (TPSA) is 9.23 Å². The van der Waals surface area contributed by atoms with Crippen LogP contribution < -0.4 is 4.74 Å². The van der Waals surface area contributed by atoms with Gasteiger partial charge in [0.05, 0.1) is 0 Å². The lowest BCUT2D eigenvalue weighted by Crippen LogP contribution is -1.95. The lowest BCUT2D eigenvalue weighted by molar-refractivity contribution is 0.306. The van der Waals surface area contributed by atoms with Gasteiger partial charge in [0.25, 0.3) is 0 Å². The molecule has 0 atom stereocenters. The maximum absolute atomic E-state index is 5.91. The van der Waals surface area contributed by atoms with Crippen LogP contribution in [0.15, 0.2) is 46.9 Å². The molecular formula is C14H12BrClO. The number of benzene rings is 2. The van der Waals surface area contributed by atoms with Gasteiger partial charge in [-0.1, -0.05) is 39.7 Å². The molecule has 3 heteroatoms. The van der Waals surface area contributed by atoms with Crippen molar-refractivity contribution < 1.29 is 4.74 Å². The fourth-order valence-corrected chi connectivity index (χ4v) is 1.96. The third-order valence-corrected chi connectivity index (χ3v) is 3.55. The molecule has 0 saturated carbocycles. The molecule has 0 aromatic heterocycles. The van der Waals surface area contributed by atoms with Gasteiger partial charge in [-0.2, -0.15) is 0 Å². The summed E-state index contributed by atoms with van der Waals surface area (Å²) in [7, 11) is 0. The van der Waals surface area contributed by atoms with Crippen LogP contribution in [-0.2, 0) is 6.61 Å². The molecule has 88 valence electrons. The van der Waals surface area contributed by atoms with Gasteiger partial charge in [0.15, 0.2) is 0 Å². The molecule has 1 nitrogen and oxygen atoms in total. The van der Waals surface area contributed by atoms with E-state index in [1.165, 1.54) is 0 Å². The zero-order chi connectivity index (χ0) is 12.3. The fraction of sp³-hybridized carbons (Fsp3) is 0.143. The Morgan fingerprint density at radius 3 is 2.71 bits per heavy atom. The molecule has 0 aliphatic carbocycles. The summed E-state index contributed by atoms with van der Waals surface area (Å²) in [4.78, 5) is 0. The number of ether oxygens (including phenoxy) is 1. The van der Waals surface area contributed by atoms with Crippen LogP contribution in [0.25, 0.3) is 0 Å². The van der Waals surface area contributed by atoms with E-state index >= 15 is 0 Å². The molecule has 0 heterocycles. The Balaban J connectivity index is 2.05. The molecule has 0 aliphatic heterocycles. The van der Waals surface area contributed by atoms with E-state index in [1.54, 1.807) is 0 Å². The number of rotatable bonds is 3. The first-order chi connectivity index (χ1) is 8.15. The summed E-state index contributed by atoms with van der Waals surface area (Å²) in [6.45, 7) is 2.57. The molecular weight excluding hydrogens is 300 g/mol. The second kappa shape index (κ2) is 5.56. The first-order valence-electron chi connectivity index (χ1n) is 5.28. The third kappa shape index (κ3) is 3.48. The average Bonchev–Trinajstić information content (AvgIpc) is 2.31. The van der Waals surface area contributed by atoms with Gasteiger partial charge in [-0.05, 0) is 48.4 Å². The predicted molar refractivity (Wildman–Crippen MR) is 74.7 cm³/mol. The van der Waals surface area contributed by atoms with E-state index < -0.39 is 0 Å². The second-order valence-electron chi connectivity index (χ2n) is 3.83. The Labute approximate surface area is 115 Å². The number of hydrogen-bond acceptors (Lipinski definition) is 1. The van der Waals surface area contributed by atoms with Crippen molar-refractivity contribution >= 4 is 27.5 Å². The summed E-state index contributed by atoms with van der Waals surface area (Å²) in [5, 5.41) is 0.734. The zero-order valence-corrected chi connectivity index (χ0v) is 11.8. The Morgan fingerprint density at radius 2 is 2.00 bits per heavy atom. The fourth-order valence-electron chi connectivity index (χ4n) is 1.50. The largest absolute Gasteiger partial charge is 0.489 e. The number of aryl methyl sites for hydroxylation is 1. The van der Waals surface area contributed by atoms with Crippen LogP contribution >= 0.6 is 27.5 Å². The van der Waals surface area contributed by atoms with E-state index in [2.05, 4.69) is 15.9 Å². The summed E-state index contributed by atoms with van der Waals surface area (Å²) in [5.41, 5.74) is 2.23. The van der Waals surface area contributed by atoms with Crippen molar-refractivity contribution in [3.05, 3.63) is 63.1 Å². The summed E-state index contributed by atoms with van der Waals surface area (Å²) in [5.74, 6) is 0.866. The molecule has 0 amide bonds. The predicted octanol–water partition coefficient (Wildman–Crippen LogP) is 4.99. The van der Waals surface area contributed by atoms with Gasteiger partial charge >= 0.3 is 0 Å². The monoisotopic (exact) mass is 310 g/mol. The van der Waals surface area contributed by atoms with Crippen molar-refractivity contribution in [3.63, 3.8) is 0 Å². The van der Waals surface area contributed by atoms with E-state index in [0.29, 0.717) is 6.61 Å². The summed E-state index contributed by atoms with van der Waals surface area (Å²) in [6.07, 6.45) is 0. The van der Waals surface area contributed by atoms with Crippen LogP contribution in [0.1, 0.15) is 11.1 Å².